The number of benzene rings is 3. The topological polar surface area (TPSA) is 154 Å². The Balaban J connectivity index is 1.62. The van der Waals surface area contributed by atoms with Crippen LogP contribution in [-0.4, -0.2) is 46.0 Å². The average molecular weight is 641 g/mol. The van der Waals surface area contributed by atoms with E-state index in [4.69, 9.17) is 5.11 Å². The quantitative estimate of drug-likeness (QED) is 0.132. The summed E-state index contributed by atoms with van der Waals surface area (Å²) < 4.78 is 41.8. The van der Waals surface area contributed by atoms with E-state index in [-0.39, 0.29) is 23.6 Å². The van der Waals surface area contributed by atoms with Crippen molar-refractivity contribution in [2.24, 2.45) is 0 Å². The van der Waals surface area contributed by atoms with Crippen LogP contribution in [0.15, 0.2) is 90.9 Å². The number of hydrogen-bond acceptors (Lipinski definition) is 8. The number of amides is 1. The third kappa shape index (κ3) is 9.82. The Hall–Kier alpha value is -5.37. The zero-order valence-electron chi connectivity index (χ0n) is 24.4. The predicted octanol–water partition coefficient (Wildman–Crippen LogP) is 5.91. The number of nitro groups is 1. The van der Waals surface area contributed by atoms with Gasteiger partial charge in [0, 0.05) is 23.5 Å². The zero-order valence-corrected chi connectivity index (χ0v) is 24.4. The number of aliphatic hydroxyl groups is 1. The zero-order chi connectivity index (χ0) is 33.3. The van der Waals surface area contributed by atoms with Crippen molar-refractivity contribution in [3.05, 3.63) is 118 Å². The van der Waals surface area contributed by atoms with Gasteiger partial charge < -0.3 is 30.5 Å². The number of allylic oxidation sites excluding steroid dienone is 2. The summed E-state index contributed by atoms with van der Waals surface area (Å²) in [5.74, 6) is -2.53. The van der Waals surface area contributed by atoms with Crippen LogP contribution in [0.3, 0.4) is 0 Å². The van der Waals surface area contributed by atoms with Crippen molar-refractivity contribution in [1.29, 1.82) is 0 Å². The molecule has 11 nitrogen and oxygen atoms in total. The van der Waals surface area contributed by atoms with Crippen LogP contribution in [0.2, 0.25) is 0 Å². The molecule has 0 fully saturated rings. The summed E-state index contributed by atoms with van der Waals surface area (Å²) in [6.07, 6.45) is 0.451. The second-order valence-electron chi connectivity index (χ2n) is 10.4. The van der Waals surface area contributed by atoms with Gasteiger partial charge >= 0.3 is 12.3 Å². The molecule has 46 heavy (non-hydrogen) atoms. The minimum absolute atomic E-state index is 0.00333. The number of nitrogens with one attached hydrogen (secondary N) is 2. The molecule has 0 radical (unpaired) electrons. The van der Waals surface area contributed by atoms with Gasteiger partial charge in [0.2, 0.25) is 0 Å². The lowest BCUT2D eigenvalue weighted by Gasteiger charge is -2.27. The number of carbonyl (C=O) groups excluding carboxylic acids is 1. The molecule has 1 amide bonds. The number of rotatable bonds is 13. The minimum Gasteiger partial charge on any atom is -0.479 e. The van der Waals surface area contributed by atoms with Crippen molar-refractivity contribution in [2.45, 2.75) is 44.7 Å². The number of alkyl halides is 3. The van der Waals surface area contributed by atoms with Crippen LogP contribution in [0.1, 0.15) is 47.2 Å². The summed E-state index contributed by atoms with van der Waals surface area (Å²) >= 11 is 0. The number of nitrogens with zero attached hydrogens (tertiary/aromatic N) is 2. The molecule has 0 aliphatic heterocycles. The molecule has 1 aliphatic rings. The van der Waals surface area contributed by atoms with E-state index in [1.54, 1.807) is 17.0 Å². The largest absolute Gasteiger partial charge is 0.573 e. The first kappa shape index (κ1) is 33.5. The lowest BCUT2D eigenvalue weighted by atomic mass is 9.93. The summed E-state index contributed by atoms with van der Waals surface area (Å²) in [5.41, 5.74) is 3.90. The number of aliphatic hydroxyl groups excluding tert-OH is 1. The number of carboxylic acid groups (broad SMARTS) is 1. The molecule has 0 saturated heterocycles. The third-order valence-corrected chi connectivity index (χ3v) is 7.02. The summed E-state index contributed by atoms with van der Waals surface area (Å²) in [5, 5.41) is 35.2. The highest BCUT2D eigenvalue weighted by Crippen LogP contribution is 2.31. The van der Waals surface area contributed by atoms with Gasteiger partial charge in [-0.3, -0.25) is 14.9 Å². The number of halogens is 3. The number of carboxylic acids is 1. The molecule has 0 bridgehead atoms. The highest BCUT2D eigenvalue weighted by atomic mass is 19.4. The number of carbonyl (C=O) groups is 2. The monoisotopic (exact) mass is 640 g/mol. The molecule has 3 aromatic carbocycles. The maximum Gasteiger partial charge on any atom is 0.573 e. The maximum atomic E-state index is 12.6. The van der Waals surface area contributed by atoms with E-state index >= 15 is 0 Å². The summed E-state index contributed by atoms with van der Waals surface area (Å²) in [7, 11) is 0. The summed E-state index contributed by atoms with van der Waals surface area (Å²) in [6, 6.07) is 18.4. The fourth-order valence-electron chi connectivity index (χ4n) is 4.75. The first-order valence-corrected chi connectivity index (χ1v) is 14.2. The number of ether oxygens (including phenoxy) is 1. The molecule has 4 rings (SSSR count). The van der Waals surface area contributed by atoms with E-state index in [0.717, 1.165) is 49.6 Å². The Morgan fingerprint density at radius 1 is 1.02 bits per heavy atom. The molecule has 1 atom stereocenters. The first-order valence-electron chi connectivity index (χ1n) is 14.2. The lowest BCUT2D eigenvalue weighted by molar-refractivity contribution is -0.403. The van der Waals surface area contributed by atoms with Crippen LogP contribution in [0.5, 0.6) is 5.75 Å². The molecule has 0 unspecified atom stereocenters. The first-order chi connectivity index (χ1) is 21.9. The maximum absolute atomic E-state index is 12.6. The Kier molecular flexibility index (Phi) is 11.0. The van der Waals surface area contributed by atoms with Gasteiger partial charge in [0.15, 0.2) is 11.9 Å². The van der Waals surface area contributed by atoms with Crippen molar-refractivity contribution in [1.82, 2.24) is 5.32 Å². The smallest absolute Gasteiger partial charge is 0.479 e. The molecule has 3 aromatic rings. The number of anilines is 2. The van der Waals surface area contributed by atoms with Crippen molar-refractivity contribution in [3.63, 3.8) is 0 Å². The van der Waals surface area contributed by atoms with Gasteiger partial charge in [-0.05, 0) is 90.9 Å². The SMILES string of the molecule is O=C(NC[C@@H](O)C(=O)O)c1ccc(CN(/C(=C\[N+](=O)[O-])Nc2ccc(OC(F)(F)F)cc2)c2ccc(C3=CCCCC3)cc2)cc1. The molecular weight excluding hydrogens is 609 g/mol. The normalized spacial score (nSPS) is 14.1. The lowest BCUT2D eigenvalue weighted by Crippen LogP contribution is -2.36. The van der Waals surface area contributed by atoms with Gasteiger partial charge in [0.05, 0.1) is 11.5 Å². The van der Waals surface area contributed by atoms with Gasteiger partial charge in [0.25, 0.3) is 12.1 Å². The van der Waals surface area contributed by atoms with Crippen LogP contribution in [0.4, 0.5) is 24.5 Å². The van der Waals surface area contributed by atoms with Crippen molar-refractivity contribution in [2.75, 3.05) is 16.8 Å². The molecule has 14 heteroatoms. The fraction of sp³-hybridized carbons (Fsp3) is 0.250. The Morgan fingerprint density at radius 3 is 2.26 bits per heavy atom. The Labute approximate surface area is 261 Å². The Bertz CT molecular complexity index is 1590. The molecule has 242 valence electrons. The van der Waals surface area contributed by atoms with Crippen LogP contribution in [-0.2, 0) is 11.3 Å². The summed E-state index contributed by atoms with van der Waals surface area (Å²) in [6.45, 7) is -0.412. The van der Waals surface area contributed by atoms with Gasteiger partial charge in [-0.15, -0.1) is 13.2 Å². The predicted molar refractivity (Wildman–Crippen MR) is 163 cm³/mol. The Morgan fingerprint density at radius 2 is 1.70 bits per heavy atom. The van der Waals surface area contributed by atoms with Crippen molar-refractivity contribution in [3.8, 4) is 5.75 Å². The van der Waals surface area contributed by atoms with Crippen LogP contribution < -0.4 is 20.3 Å². The van der Waals surface area contributed by atoms with Crippen LogP contribution in [0.25, 0.3) is 5.57 Å². The second kappa shape index (κ2) is 15.1. The molecule has 0 aromatic heterocycles. The van der Waals surface area contributed by atoms with E-state index in [9.17, 15) is 38.0 Å². The van der Waals surface area contributed by atoms with E-state index in [0.29, 0.717) is 11.3 Å². The molecule has 0 saturated carbocycles. The van der Waals surface area contributed by atoms with Crippen LogP contribution >= 0.6 is 0 Å². The standard InChI is InChI=1S/C32H31F3N4O7/c33-32(34,35)46-27-16-12-25(13-17-27)37-29(20-39(44)45)38(26-14-10-23(11-15-26)22-4-2-1-3-5-22)19-21-6-8-24(9-7-21)30(41)36-18-28(40)31(42)43/h4,6-17,20,28,37,40H,1-3,5,18-19H2,(H,36,41)(H,42,43)/b29-20-/t28-/m1/s1. The van der Waals surface area contributed by atoms with E-state index in [1.165, 1.54) is 29.8 Å². The van der Waals surface area contributed by atoms with Gasteiger partial charge in [-0.25, -0.2) is 4.79 Å². The van der Waals surface area contributed by atoms with E-state index in [2.05, 4.69) is 21.4 Å². The molecule has 0 spiro atoms. The number of hydrogen-bond donors (Lipinski definition) is 4. The molecule has 1 aliphatic carbocycles. The van der Waals surface area contributed by atoms with Crippen LogP contribution in [0, 0.1) is 10.1 Å². The van der Waals surface area contributed by atoms with Gasteiger partial charge in [0.1, 0.15) is 5.75 Å². The van der Waals surface area contributed by atoms with Crippen molar-refractivity contribution < 1.29 is 42.6 Å². The molecule has 4 N–H and O–H groups in total. The average Bonchev–Trinajstić information content (AvgIpc) is 3.03. The summed E-state index contributed by atoms with van der Waals surface area (Å²) in [4.78, 5) is 35.9. The molecule has 0 heterocycles. The number of aliphatic carboxylic acids is 1. The minimum atomic E-state index is -4.88. The van der Waals surface area contributed by atoms with Crippen molar-refractivity contribution >= 4 is 28.8 Å². The van der Waals surface area contributed by atoms with E-state index in [1.807, 2.05) is 24.3 Å². The fourth-order valence-corrected chi connectivity index (χ4v) is 4.75. The highest BCUT2D eigenvalue weighted by Gasteiger charge is 2.31. The van der Waals surface area contributed by atoms with E-state index < -0.39 is 41.6 Å². The highest BCUT2D eigenvalue weighted by molar-refractivity contribution is 5.94. The van der Waals surface area contributed by atoms with Gasteiger partial charge in [-0.2, -0.15) is 0 Å². The van der Waals surface area contributed by atoms with Gasteiger partial charge in [-0.1, -0.05) is 30.3 Å². The second-order valence-corrected chi connectivity index (χ2v) is 10.4. The third-order valence-electron chi connectivity index (χ3n) is 7.02. The molecular formula is C32H31F3N4O7.